The van der Waals surface area contributed by atoms with Crippen molar-refractivity contribution in [3.63, 3.8) is 0 Å². The number of rotatable bonds is 5. The summed E-state index contributed by atoms with van der Waals surface area (Å²) in [6.07, 6.45) is -1.12. The summed E-state index contributed by atoms with van der Waals surface area (Å²) in [6.45, 7) is -0.762. The van der Waals surface area contributed by atoms with Gasteiger partial charge < -0.3 is 10.2 Å². The molecule has 0 aliphatic rings. The first-order valence-corrected chi connectivity index (χ1v) is 6.61. The molecule has 5 nitrogen and oxygen atoms in total. The lowest BCUT2D eigenvalue weighted by molar-refractivity contribution is 0.0988. The van der Waals surface area contributed by atoms with Crippen molar-refractivity contribution in [1.29, 1.82) is 0 Å². The largest absolute Gasteiger partial charge is 0.394 e. The molecule has 0 spiro atoms. The number of sulfonamides is 1. The minimum atomic E-state index is -3.75. The number of aliphatic hydroxyl groups is 2. The number of hydrogen-bond acceptors (Lipinski definition) is 4. The van der Waals surface area contributed by atoms with E-state index < -0.39 is 22.7 Å². The fourth-order valence-electron chi connectivity index (χ4n) is 0.896. The average Bonchev–Trinajstić information content (AvgIpc) is 2.26. The highest BCUT2D eigenvalue weighted by Crippen LogP contribution is 2.18. The Morgan fingerprint density at radius 3 is 2.81 bits per heavy atom. The van der Waals surface area contributed by atoms with Gasteiger partial charge in [-0.15, -0.1) is 0 Å². The molecule has 0 aromatic heterocycles. The van der Waals surface area contributed by atoms with E-state index in [2.05, 4.69) is 32.8 Å². The van der Waals surface area contributed by atoms with Gasteiger partial charge >= 0.3 is 0 Å². The summed E-state index contributed by atoms with van der Waals surface area (Å²) >= 11 is 3.07. The maximum absolute atomic E-state index is 11.7. The van der Waals surface area contributed by atoms with E-state index in [1.54, 1.807) is 0 Å². The Labute approximate surface area is 102 Å². The van der Waals surface area contributed by atoms with Crippen LogP contribution in [0.4, 0.5) is 0 Å². The SMILES string of the molecule is O=S(=O)(NC[C@@H](O)CO)c1c#cccc1Br. The zero-order chi connectivity index (χ0) is 12.2. The first-order chi connectivity index (χ1) is 7.47. The molecule has 3 N–H and O–H groups in total. The summed E-state index contributed by atoms with van der Waals surface area (Å²) < 4.78 is 25.9. The van der Waals surface area contributed by atoms with Crippen LogP contribution >= 0.6 is 15.9 Å². The quantitative estimate of drug-likeness (QED) is 0.696. The summed E-state index contributed by atoms with van der Waals surface area (Å²) in [7, 11) is -3.75. The second kappa shape index (κ2) is 5.61. The highest BCUT2D eigenvalue weighted by atomic mass is 79.9. The average molecular weight is 308 g/mol. The molecule has 0 bridgehead atoms. The molecular formula is C9H10BrNO4S. The van der Waals surface area contributed by atoms with Gasteiger partial charge in [-0.2, -0.15) is 0 Å². The minimum absolute atomic E-state index is 0.0832. The van der Waals surface area contributed by atoms with E-state index >= 15 is 0 Å². The fourth-order valence-corrected chi connectivity index (χ4v) is 2.84. The third-order valence-electron chi connectivity index (χ3n) is 1.70. The summed E-state index contributed by atoms with van der Waals surface area (Å²) in [5.41, 5.74) is 0. The van der Waals surface area contributed by atoms with Crippen LogP contribution in [0.5, 0.6) is 0 Å². The maximum atomic E-state index is 11.7. The fraction of sp³-hybridized carbons (Fsp3) is 0.333. The molecule has 88 valence electrons. The molecule has 1 atom stereocenters. The Kier molecular flexibility index (Phi) is 4.70. The van der Waals surface area contributed by atoms with Gasteiger partial charge in [0, 0.05) is 11.0 Å². The third-order valence-corrected chi connectivity index (χ3v) is 4.03. The van der Waals surface area contributed by atoms with Gasteiger partial charge in [-0.05, 0) is 34.1 Å². The van der Waals surface area contributed by atoms with Crippen LogP contribution in [-0.2, 0) is 10.0 Å². The number of nitrogens with one attached hydrogen (secondary N) is 1. The molecule has 0 radical (unpaired) electrons. The molecule has 0 saturated heterocycles. The van der Waals surface area contributed by atoms with E-state index in [0.717, 1.165) is 0 Å². The summed E-state index contributed by atoms with van der Waals surface area (Å²) in [4.78, 5) is -0.0832. The highest BCUT2D eigenvalue weighted by molar-refractivity contribution is 9.10. The standard InChI is InChI=1S/C9H10BrNO4S/c10-8-3-1-2-4-9(8)16(14,15)11-5-7(13)6-12/h1,3,7,11-13H,5-6H2/t7-/m1/s1. The second-order valence-electron chi connectivity index (χ2n) is 2.97. The molecule has 0 saturated carbocycles. The Balaban J connectivity index is 2.83. The summed E-state index contributed by atoms with van der Waals surface area (Å²) in [5, 5.41) is 17.6. The molecule has 1 aromatic carbocycles. The number of aliphatic hydroxyl groups excluding tert-OH is 2. The lowest BCUT2D eigenvalue weighted by atomic mass is 10.4. The van der Waals surface area contributed by atoms with Crippen molar-refractivity contribution in [2.45, 2.75) is 11.0 Å². The Hall–Kier alpha value is -0.650. The lowest BCUT2D eigenvalue weighted by Crippen LogP contribution is -2.34. The van der Waals surface area contributed by atoms with Gasteiger partial charge in [0.1, 0.15) is 4.90 Å². The summed E-state index contributed by atoms with van der Waals surface area (Å²) in [5.74, 6) is 0. The Morgan fingerprint density at radius 2 is 2.25 bits per heavy atom. The molecule has 1 rings (SSSR count). The van der Waals surface area contributed by atoms with Crippen molar-refractivity contribution in [3.8, 4) is 0 Å². The van der Waals surface area contributed by atoms with E-state index in [9.17, 15) is 8.42 Å². The smallest absolute Gasteiger partial charge is 0.249 e. The lowest BCUT2D eigenvalue weighted by Gasteiger charge is -2.09. The molecule has 0 heterocycles. The predicted octanol–water partition coefficient (Wildman–Crippen LogP) is -0.319. The Morgan fingerprint density at radius 1 is 1.56 bits per heavy atom. The topological polar surface area (TPSA) is 86.6 Å². The van der Waals surface area contributed by atoms with Crippen molar-refractivity contribution in [2.24, 2.45) is 0 Å². The normalized spacial score (nSPS) is 13.2. The van der Waals surface area contributed by atoms with Crippen LogP contribution in [-0.4, -0.2) is 37.9 Å². The van der Waals surface area contributed by atoms with E-state index in [-0.39, 0.29) is 11.4 Å². The first kappa shape index (κ1) is 13.4. The predicted molar refractivity (Wildman–Crippen MR) is 60.1 cm³/mol. The van der Waals surface area contributed by atoms with Crippen LogP contribution in [0.1, 0.15) is 0 Å². The minimum Gasteiger partial charge on any atom is -0.394 e. The molecule has 0 amide bonds. The molecule has 7 heteroatoms. The van der Waals surface area contributed by atoms with Gasteiger partial charge in [0.25, 0.3) is 0 Å². The molecule has 0 aliphatic heterocycles. The van der Waals surface area contributed by atoms with Gasteiger partial charge in [0.05, 0.1) is 12.7 Å². The molecule has 0 unspecified atom stereocenters. The molecule has 0 aliphatic carbocycles. The Bertz CT molecular complexity index is 449. The van der Waals surface area contributed by atoms with Crippen molar-refractivity contribution >= 4 is 26.0 Å². The molecule has 16 heavy (non-hydrogen) atoms. The van der Waals surface area contributed by atoms with Crippen LogP contribution in [0.3, 0.4) is 0 Å². The van der Waals surface area contributed by atoms with Crippen molar-refractivity contribution in [1.82, 2.24) is 4.72 Å². The second-order valence-corrected chi connectivity index (χ2v) is 5.53. The van der Waals surface area contributed by atoms with E-state index in [4.69, 9.17) is 10.2 Å². The van der Waals surface area contributed by atoms with Crippen LogP contribution in [0.15, 0.2) is 21.5 Å². The monoisotopic (exact) mass is 307 g/mol. The van der Waals surface area contributed by atoms with E-state index in [1.165, 1.54) is 12.1 Å². The third kappa shape index (κ3) is 3.43. The van der Waals surface area contributed by atoms with Gasteiger partial charge in [-0.1, -0.05) is 6.07 Å². The van der Waals surface area contributed by atoms with Gasteiger partial charge in [0.15, 0.2) is 0 Å². The number of hydrogen-bond donors (Lipinski definition) is 3. The van der Waals surface area contributed by atoms with Gasteiger partial charge in [-0.3, -0.25) is 0 Å². The molecule has 1 aromatic rings. The first-order valence-electron chi connectivity index (χ1n) is 4.34. The van der Waals surface area contributed by atoms with Gasteiger partial charge in [0.2, 0.25) is 10.0 Å². The maximum Gasteiger partial charge on any atom is 0.249 e. The molecular weight excluding hydrogens is 298 g/mol. The van der Waals surface area contributed by atoms with E-state index in [1.807, 2.05) is 0 Å². The van der Waals surface area contributed by atoms with Crippen LogP contribution in [0.2, 0.25) is 0 Å². The summed E-state index contributed by atoms with van der Waals surface area (Å²) in [6, 6.07) is 8.02. The highest BCUT2D eigenvalue weighted by Gasteiger charge is 2.18. The number of halogens is 1. The van der Waals surface area contributed by atoms with Crippen LogP contribution in [0.25, 0.3) is 0 Å². The molecule has 0 fully saturated rings. The zero-order valence-corrected chi connectivity index (χ0v) is 10.5. The van der Waals surface area contributed by atoms with Crippen LogP contribution in [0, 0.1) is 12.1 Å². The van der Waals surface area contributed by atoms with Crippen molar-refractivity contribution in [3.05, 3.63) is 28.7 Å². The van der Waals surface area contributed by atoms with Crippen molar-refractivity contribution < 1.29 is 18.6 Å². The zero-order valence-electron chi connectivity index (χ0n) is 8.14. The van der Waals surface area contributed by atoms with Crippen molar-refractivity contribution in [2.75, 3.05) is 13.2 Å². The van der Waals surface area contributed by atoms with Gasteiger partial charge in [-0.25, -0.2) is 13.1 Å². The van der Waals surface area contributed by atoms with Crippen LogP contribution < -0.4 is 4.72 Å². The van der Waals surface area contributed by atoms with E-state index in [0.29, 0.717) is 4.47 Å².